The van der Waals surface area contributed by atoms with E-state index in [0.717, 1.165) is 29.8 Å². The monoisotopic (exact) mass is 248 g/mol. The van der Waals surface area contributed by atoms with E-state index in [4.69, 9.17) is 14.7 Å². The average Bonchev–Trinajstić information content (AvgIpc) is 2.38. The summed E-state index contributed by atoms with van der Waals surface area (Å²) in [5.74, 6) is 0. The van der Waals surface area contributed by atoms with Gasteiger partial charge in [-0.2, -0.15) is 5.26 Å². The summed E-state index contributed by atoms with van der Waals surface area (Å²) in [6, 6.07) is 8.04. The van der Waals surface area contributed by atoms with E-state index in [9.17, 15) is 0 Å². The van der Waals surface area contributed by atoms with Gasteiger partial charge in [-0.3, -0.25) is 0 Å². The van der Waals surface area contributed by atoms with Crippen LogP contribution in [0, 0.1) is 18.3 Å². The molecule has 1 aromatic rings. The lowest BCUT2D eigenvalue weighted by Gasteiger charge is -2.09. The Morgan fingerprint density at radius 2 is 2.11 bits per heavy atom. The van der Waals surface area contributed by atoms with Crippen LogP contribution in [-0.2, 0) is 9.47 Å². The molecule has 0 aliphatic rings. The molecule has 4 heteroatoms. The van der Waals surface area contributed by atoms with Gasteiger partial charge in [0.05, 0.1) is 24.5 Å². The Kier molecular flexibility index (Phi) is 6.85. The van der Waals surface area contributed by atoms with E-state index in [0.29, 0.717) is 19.8 Å². The summed E-state index contributed by atoms with van der Waals surface area (Å²) >= 11 is 0. The second-order valence-electron chi connectivity index (χ2n) is 3.99. The summed E-state index contributed by atoms with van der Waals surface area (Å²) in [5.41, 5.74) is 2.62. The van der Waals surface area contributed by atoms with Crippen molar-refractivity contribution in [2.45, 2.75) is 13.3 Å². The molecule has 0 aliphatic heterocycles. The number of rotatable bonds is 8. The molecule has 0 amide bonds. The first-order valence-electron chi connectivity index (χ1n) is 6.10. The maximum atomic E-state index is 9.07. The molecule has 0 aliphatic carbocycles. The summed E-state index contributed by atoms with van der Waals surface area (Å²) in [6.45, 7) is 4.70. The standard InChI is InChI=1S/C14H20N2O2/c1-12-5-3-6-14(13(12)11-15)16-7-4-8-18-10-9-17-2/h3,5-6,16H,4,7-10H2,1-2H3. The molecule has 1 rings (SSSR count). The van der Waals surface area contributed by atoms with Crippen LogP contribution in [0.1, 0.15) is 17.5 Å². The van der Waals surface area contributed by atoms with Crippen LogP contribution in [0.2, 0.25) is 0 Å². The van der Waals surface area contributed by atoms with Crippen molar-refractivity contribution in [2.24, 2.45) is 0 Å². The molecule has 0 unspecified atom stereocenters. The topological polar surface area (TPSA) is 54.3 Å². The molecule has 0 saturated heterocycles. The molecule has 0 aromatic heterocycles. The largest absolute Gasteiger partial charge is 0.384 e. The number of nitrogens with one attached hydrogen (secondary N) is 1. The van der Waals surface area contributed by atoms with Crippen LogP contribution >= 0.6 is 0 Å². The lowest BCUT2D eigenvalue weighted by Crippen LogP contribution is -2.09. The highest BCUT2D eigenvalue weighted by Crippen LogP contribution is 2.17. The lowest BCUT2D eigenvalue weighted by atomic mass is 10.1. The third kappa shape index (κ3) is 4.74. The van der Waals surface area contributed by atoms with E-state index >= 15 is 0 Å². The zero-order valence-corrected chi connectivity index (χ0v) is 11.0. The number of aryl methyl sites for hydroxylation is 1. The van der Waals surface area contributed by atoms with Crippen LogP contribution < -0.4 is 5.32 Å². The molecule has 1 N–H and O–H groups in total. The van der Waals surface area contributed by atoms with Crippen molar-refractivity contribution in [1.82, 2.24) is 0 Å². The molecule has 4 nitrogen and oxygen atoms in total. The lowest BCUT2D eigenvalue weighted by molar-refractivity contribution is 0.0705. The van der Waals surface area contributed by atoms with Crippen molar-refractivity contribution in [3.05, 3.63) is 29.3 Å². The summed E-state index contributed by atoms with van der Waals surface area (Å²) < 4.78 is 10.2. The first-order chi connectivity index (χ1) is 8.79. The van der Waals surface area contributed by atoms with Crippen LogP contribution in [0.3, 0.4) is 0 Å². The molecule has 0 radical (unpaired) electrons. The Balaban J connectivity index is 2.28. The molecule has 98 valence electrons. The molecule has 0 bridgehead atoms. The summed E-state index contributed by atoms with van der Waals surface area (Å²) in [7, 11) is 1.66. The van der Waals surface area contributed by atoms with Crippen molar-refractivity contribution < 1.29 is 9.47 Å². The van der Waals surface area contributed by atoms with Crippen molar-refractivity contribution in [1.29, 1.82) is 5.26 Å². The second kappa shape index (κ2) is 8.51. The van der Waals surface area contributed by atoms with Crippen LogP contribution in [0.4, 0.5) is 5.69 Å². The Labute approximate surface area is 109 Å². The van der Waals surface area contributed by atoms with Gasteiger partial charge in [0.1, 0.15) is 6.07 Å². The smallest absolute Gasteiger partial charge is 0.102 e. The Morgan fingerprint density at radius 1 is 1.28 bits per heavy atom. The highest BCUT2D eigenvalue weighted by molar-refractivity contribution is 5.60. The van der Waals surface area contributed by atoms with Gasteiger partial charge < -0.3 is 14.8 Å². The van der Waals surface area contributed by atoms with Gasteiger partial charge >= 0.3 is 0 Å². The van der Waals surface area contributed by atoms with E-state index in [-0.39, 0.29) is 0 Å². The fourth-order valence-corrected chi connectivity index (χ4v) is 1.61. The number of ether oxygens (including phenoxy) is 2. The fraction of sp³-hybridized carbons (Fsp3) is 0.500. The van der Waals surface area contributed by atoms with E-state index in [2.05, 4.69) is 11.4 Å². The number of anilines is 1. The average molecular weight is 248 g/mol. The van der Waals surface area contributed by atoms with Gasteiger partial charge in [-0.05, 0) is 25.0 Å². The summed E-state index contributed by atoms with van der Waals surface area (Å²) in [6.07, 6.45) is 0.905. The van der Waals surface area contributed by atoms with Crippen LogP contribution in [-0.4, -0.2) is 33.5 Å². The number of nitriles is 1. The van der Waals surface area contributed by atoms with Gasteiger partial charge in [-0.15, -0.1) is 0 Å². The quantitative estimate of drug-likeness (QED) is 0.717. The molecule has 18 heavy (non-hydrogen) atoms. The van der Waals surface area contributed by atoms with Crippen molar-refractivity contribution in [2.75, 3.05) is 38.8 Å². The maximum absolute atomic E-state index is 9.07. The molecule has 0 heterocycles. The summed E-state index contributed by atoms with van der Waals surface area (Å²) in [4.78, 5) is 0. The van der Waals surface area contributed by atoms with Gasteiger partial charge in [0.2, 0.25) is 0 Å². The predicted molar refractivity (Wildman–Crippen MR) is 71.7 cm³/mol. The van der Waals surface area contributed by atoms with Crippen molar-refractivity contribution >= 4 is 5.69 Å². The van der Waals surface area contributed by atoms with Gasteiger partial charge in [0, 0.05) is 20.3 Å². The van der Waals surface area contributed by atoms with Gasteiger partial charge in [0.25, 0.3) is 0 Å². The Hall–Kier alpha value is -1.57. The number of hydrogen-bond donors (Lipinski definition) is 1. The SMILES string of the molecule is COCCOCCCNc1cccc(C)c1C#N. The minimum absolute atomic E-state index is 0.629. The molecule has 0 atom stereocenters. The number of methoxy groups -OCH3 is 1. The number of hydrogen-bond acceptors (Lipinski definition) is 4. The zero-order chi connectivity index (χ0) is 13.2. The molecule has 0 spiro atoms. The third-order valence-electron chi connectivity index (χ3n) is 2.60. The molecule has 0 fully saturated rings. The van der Waals surface area contributed by atoms with E-state index in [1.807, 2.05) is 25.1 Å². The first-order valence-corrected chi connectivity index (χ1v) is 6.10. The van der Waals surface area contributed by atoms with Crippen molar-refractivity contribution in [3.63, 3.8) is 0 Å². The summed E-state index contributed by atoms with van der Waals surface area (Å²) in [5, 5.41) is 12.3. The van der Waals surface area contributed by atoms with E-state index in [1.165, 1.54) is 0 Å². The molecular formula is C14H20N2O2. The molecule has 1 aromatic carbocycles. The van der Waals surface area contributed by atoms with Gasteiger partial charge in [0.15, 0.2) is 0 Å². The maximum Gasteiger partial charge on any atom is 0.102 e. The third-order valence-corrected chi connectivity index (χ3v) is 2.60. The second-order valence-corrected chi connectivity index (χ2v) is 3.99. The minimum atomic E-state index is 0.629. The van der Waals surface area contributed by atoms with Crippen LogP contribution in [0.5, 0.6) is 0 Å². The molecular weight excluding hydrogens is 228 g/mol. The first kappa shape index (κ1) is 14.5. The highest BCUT2D eigenvalue weighted by atomic mass is 16.5. The Morgan fingerprint density at radius 3 is 2.83 bits per heavy atom. The van der Waals surface area contributed by atoms with Crippen molar-refractivity contribution in [3.8, 4) is 6.07 Å². The number of nitrogens with zero attached hydrogens (tertiary/aromatic N) is 1. The zero-order valence-electron chi connectivity index (χ0n) is 11.0. The highest BCUT2D eigenvalue weighted by Gasteiger charge is 2.03. The fourth-order valence-electron chi connectivity index (χ4n) is 1.61. The van der Waals surface area contributed by atoms with Crippen LogP contribution in [0.25, 0.3) is 0 Å². The van der Waals surface area contributed by atoms with E-state index < -0.39 is 0 Å². The Bertz CT molecular complexity index is 399. The van der Waals surface area contributed by atoms with Gasteiger partial charge in [-0.1, -0.05) is 12.1 Å². The normalized spacial score (nSPS) is 10.1. The number of benzene rings is 1. The minimum Gasteiger partial charge on any atom is -0.384 e. The molecule has 0 saturated carbocycles. The van der Waals surface area contributed by atoms with Crippen LogP contribution in [0.15, 0.2) is 18.2 Å². The van der Waals surface area contributed by atoms with E-state index in [1.54, 1.807) is 7.11 Å². The predicted octanol–water partition coefficient (Wildman–Crippen LogP) is 2.33. The van der Waals surface area contributed by atoms with Gasteiger partial charge in [-0.25, -0.2) is 0 Å².